The Hall–Kier alpha value is -5.42. The lowest BCUT2D eigenvalue weighted by molar-refractivity contribution is -0.144. The van der Waals surface area contributed by atoms with E-state index < -0.39 is 46.8 Å². The highest BCUT2D eigenvalue weighted by Gasteiger charge is 2.71. The van der Waals surface area contributed by atoms with Gasteiger partial charge < -0.3 is 9.84 Å². The average molecular weight is 846 g/mol. The van der Waals surface area contributed by atoms with Crippen LogP contribution in [0, 0.1) is 23.7 Å². The van der Waals surface area contributed by atoms with Gasteiger partial charge in [0.05, 0.1) is 41.0 Å². The van der Waals surface area contributed by atoms with Crippen molar-refractivity contribution in [2.75, 3.05) is 25.6 Å². The molecule has 3 heterocycles. The average Bonchev–Trinajstić information content (AvgIpc) is 3.64. The van der Waals surface area contributed by atoms with Crippen LogP contribution in [0.25, 0.3) is 0 Å². The second-order valence-electron chi connectivity index (χ2n) is 16.6. The topological polar surface area (TPSA) is 119 Å². The lowest BCUT2D eigenvalue weighted by Gasteiger charge is -2.50. The molecule has 6 atom stereocenters. The molecular formula is C48H46Cl2N4O6. The van der Waals surface area contributed by atoms with Crippen LogP contribution in [0.2, 0.25) is 10.0 Å². The standard InChI is InChI=1S/C48H46Cl2N4O6/c1-3-8-29-11-7-12-36(43(29)55)42-34-18-19-35-41(46(58)53(44(35)56)32-21-23-52(24-22-32)27-28-9-5-4-6-10-28)37(34)26-38-45(57)54(51-40-20-15-31(49)25-39(40)50)47(59)48(38,42)30-13-16-33(60-2)17-14-30/h3-7,9-18,20,25,32,35,37-38,41-42,51,55H,1,8,19,21-24,26-27H2,2H3/t35-,37+,38-,41-,42+,48+/m0/s1. The van der Waals surface area contributed by atoms with Crippen LogP contribution < -0.4 is 10.2 Å². The van der Waals surface area contributed by atoms with Crippen LogP contribution >= 0.6 is 23.2 Å². The number of piperidine rings is 1. The molecule has 9 rings (SSSR count). The Labute approximate surface area is 359 Å². The number of nitrogens with one attached hydrogen (secondary N) is 1. The lowest BCUT2D eigenvalue weighted by Crippen LogP contribution is -2.53. The molecule has 3 saturated heterocycles. The molecule has 4 amide bonds. The number of carbonyl (C=O) groups is 4. The number of rotatable bonds is 10. The maximum absolute atomic E-state index is 15.6. The molecule has 1 saturated carbocycles. The minimum Gasteiger partial charge on any atom is -0.507 e. The SMILES string of the molecule is C=CCc1cccc([C@H]2C3=CC[C@@H]4C(=O)N(C5CCN(Cc6ccccc6)CC5)C(=O)[C@@H]4[C@@H]3C[C@H]3C(=O)N(Nc4ccc(Cl)cc4Cl)C(=O)[C@@]23c2ccc(OC)cc2)c1O. The first-order valence-corrected chi connectivity index (χ1v) is 21.3. The number of allylic oxidation sites excluding steroid dienone is 3. The molecule has 60 heavy (non-hydrogen) atoms. The highest BCUT2D eigenvalue weighted by molar-refractivity contribution is 6.36. The monoisotopic (exact) mass is 844 g/mol. The van der Waals surface area contributed by atoms with Crippen LogP contribution in [0.15, 0.2) is 115 Å². The fourth-order valence-corrected chi connectivity index (χ4v) is 11.4. The molecule has 4 aromatic rings. The van der Waals surface area contributed by atoms with Crippen molar-refractivity contribution in [3.05, 3.63) is 148 Å². The number of imide groups is 2. The van der Waals surface area contributed by atoms with Gasteiger partial charge in [0.15, 0.2) is 0 Å². The largest absolute Gasteiger partial charge is 0.507 e. The van der Waals surface area contributed by atoms with Crippen LogP contribution in [-0.2, 0) is 37.6 Å². The molecular weight excluding hydrogens is 799 g/mol. The van der Waals surface area contributed by atoms with Gasteiger partial charge in [-0.1, -0.05) is 102 Å². The van der Waals surface area contributed by atoms with E-state index in [9.17, 15) is 14.7 Å². The number of para-hydroxylation sites is 1. The number of hydrogen-bond donors (Lipinski definition) is 2. The van der Waals surface area contributed by atoms with E-state index >= 15 is 9.59 Å². The Bertz CT molecular complexity index is 2410. The van der Waals surface area contributed by atoms with Gasteiger partial charge in [0.2, 0.25) is 11.8 Å². The summed E-state index contributed by atoms with van der Waals surface area (Å²) in [6.07, 6.45) is 5.84. The summed E-state index contributed by atoms with van der Waals surface area (Å²) in [6, 6.07) is 27.3. The number of benzene rings is 4. The molecule has 2 aliphatic carbocycles. The van der Waals surface area contributed by atoms with Crippen LogP contribution in [0.3, 0.4) is 0 Å². The van der Waals surface area contributed by atoms with E-state index in [2.05, 4.69) is 29.0 Å². The van der Waals surface area contributed by atoms with Gasteiger partial charge >= 0.3 is 0 Å². The summed E-state index contributed by atoms with van der Waals surface area (Å²) in [5.74, 6) is -4.69. The first-order valence-electron chi connectivity index (χ1n) is 20.6. The molecule has 4 fully saturated rings. The van der Waals surface area contributed by atoms with Crippen molar-refractivity contribution in [2.45, 2.75) is 56.0 Å². The molecule has 0 aromatic heterocycles. The summed E-state index contributed by atoms with van der Waals surface area (Å²) in [4.78, 5) is 64.1. The Kier molecular flexibility index (Phi) is 10.6. The first kappa shape index (κ1) is 40.0. The summed E-state index contributed by atoms with van der Waals surface area (Å²) >= 11 is 12.8. The number of ether oxygens (including phenoxy) is 1. The third kappa shape index (κ3) is 6.42. The Morgan fingerprint density at radius 3 is 2.35 bits per heavy atom. The van der Waals surface area contributed by atoms with E-state index in [1.165, 1.54) is 16.5 Å². The van der Waals surface area contributed by atoms with Crippen LogP contribution in [0.5, 0.6) is 11.5 Å². The Morgan fingerprint density at radius 2 is 1.65 bits per heavy atom. The molecule has 5 aliphatic rings. The van der Waals surface area contributed by atoms with Crippen LogP contribution in [-0.4, -0.2) is 69.8 Å². The fraction of sp³-hybridized carbons (Fsp3) is 0.333. The van der Waals surface area contributed by atoms with Crippen molar-refractivity contribution in [3.8, 4) is 11.5 Å². The number of halogens is 2. The van der Waals surface area contributed by atoms with Gasteiger partial charge in [-0.15, -0.1) is 6.58 Å². The molecule has 308 valence electrons. The van der Waals surface area contributed by atoms with Gasteiger partial charge in [-0.2, -0.15) is 5.01 Å². The number of fused-ring (bicyclic) bond motifs is 4. The molecule has 0 bridgehead atoms. The molecule has 10 nitrogen and oxygen atoms in total. The number of aromatic hydroxyl groups is 1. The third-order valence-corrected chi connectivity index (χ3v) is 14.2. The van der Waals surface area contributed by atoms with E-state index in [4.69, 9.17) is 27.9 Å². The molecule has 3 aliphatic heterocycles. The van der Waals surface area contributed by atoms with Crippen molar-refractivity contribution in [1.29, 1.82) is 0 Å². The minimum atomic E-state index is -1.59. The number of phenols is 1. The van der Waals surface area contributed by atoms with E-state index in [0.29, 0.717) is 58.8 Å². The third-order valence-electron chi connectivity index (χ3n) is 13.6. The first-order chi connectivity index (χ1) is 29.1. The number of nitrogens with zero attached hydrogens (tertiary/aromatic N) is 3. The fourth-order valence-electron chi connectivity index (χ4n) is 10.9. The molecule has 12 heteroatoms. The van der Waals surface area contributed by atoms with Gasteiger partial charge in [-0.25, -0.2) is 0 Å². The zero-order valence-electron chi connectivity index (χ0n) is 33.2. The number of anilines is 1. The lowest BCUT2D eigenvalue weighted by atomic mass is 9.49. The minimum absolute atomic E-state index is 0.0113. The van der Waals surface area contributed by atoms with Crippen LogP contribution in [0.4, 0.5) is 5.69 Å². The number of hydrogen-bond acceptors (Lipinski definition) is 8. The van der Waals surface area contributed by atoms with Gasteiger partial charge in [0.25, 0.3) is 11.8 Å². The van der Waals surface area contributed by atoms with Crippen molar-refractivity contribution < 1.29 is 29.0 Å². The smallest absolute Gasteiger partial charge is 0.260 e. The number of likely N-dealkylation sites (tertiary alicyclic amines) is 2. The predicted molar refractivity (Wildman–Crippen MR) is 229 cm³/mol. The van der Waals surface area contributed by atoms with Crippen molar-refractivity contribution in [3.63, 3.8) is 0 Å². The quantitative estimate of drug-likeness (QED) is 0.122. The number of phenolic OH excluding ortho intramolecular Hbond substituents is 1. The summed E-state index contributed by atoms with van der Waals surface area (Å²) in [5.41, 5.74) is 5.34. The second kappa shape index (κ2) is 15.9. The van der Waals surface area contributed by atoms with E-state index in [0.717, 1.165) is 30.2 Å². The maximum Gasteiger partial charge on any atom is 0.260 e. The second-order valence-corrected chi connectivity index (χ2v) is 17.4. The number of hydrazine groups is 1. The Morgan fingerprint density at radius 1 is 0.900 bits per heavy atom. The summed E-state index contributed by atoms with van der Waals surface area (Å²) < 4.78 is 5.52. The van der Waals surface area contributed by atoms with Crippen LogP contribution in [0.1, 0.15) is 53.9 Å². The van der Waals surface area contributed by atoms with E-state index in [-0.39, 0.29) is 35.0 Å². The molecule has 0 spiro atoms. The van der Waals surface area contributed by atoms with E-state index in [1.807, 2.05) is 36.4 Å². The van der Waals surface area contributed by atoms with Crippen molar-refractivity contribution >= 4 is 52.5 Å². The summed E-state index contributed by atoms with van der Waals surface area (Å²) in [6.45, 7) is 6.21. The highest BCUT2D eigenvalue weighted by atomic mass is 35.5. The Balaban J connectivity index is 1.14. The van der Waals surface area contributed by atoms with Gasteiger partial charge in [-0.3, -0.25) is 34.4 Å². The molecule has 2 N–H and O–H groups in total. The maximum atomic E-state index is 15.6. The summed E-state index contributed by atoms with van der Waals surface area (Å²) in [5, 5.41) is 13.8. The zero-order valence-corrected chi connectivity index (χ0v) is 34.7. The van der Waals surface area contributed by atoms with Gasteiger partial charge in [-0.05, 0) is 85.0 Å². The van der Waals surface area contributed by atoms with Gasteiger partial charge in [0, 0.05) is 42.2 Å². The van der Waals surface area contributed by atoms with Crippen molar-refractivity contribution in [2.24, 2.45) is 23.7 Å². The predicted octanol–water partition coefficient (Wildman–Crippen LogP) is 8.09. The summed E-state index contributed by atoms with van der Waals surface area (Å²) in [7, 11) is 1.56. The molecule has 4 aromatic carbocycles. The number of amides is 4. The zero-order chi connectivity index (χ0) is 41.9. The van der Waals surface area contributed by atoms with E-state index in [1.54, 1.807) is 55.7 Å². The van der Waals surface area contributed by atoms with Crippen molar-refractivity contribution in [1.82, 2.24) is 14.8 Å². The highest BCUT2D eigenvalue weighted by Crippen LogP contribution is 2.65. The van der Waals surface area contributed by atoms with Gasteiger partial charge in [0.1, 0.15) is 11.5 Å². The number of carbonyl (C=O) groups excluding carboxylic acids is 4. The number of methoxy groups -OCH3 is 1. The normalized spacial score (nSPS) is 26.7. The molecule has 0 radical (unpaired) electrons. The molecule has 0 unspecified atom stereocenters.